The van der Waals surface area contributed by atoms with Gasteiger partial charge in [-0.05, 0) is 11.1 Å². The van der Waals surface area contributed by atoms with Crippen molar-refractivity contribution in [3.05, 3.63) is 71.8 Å². The van der Waals surface area contributed by atoms with E-state index in [1.54, 1.807) is 6.92 Å². The summed E-state index contributed by atoms with van der Waals surface area (Å²) in [6, 6.07) is 20.4. The van der Waals surface area contributed by atoms with Crippen LogP contribution in [0.4, 0.5) is 0 Å². The number of nitrogens with zero attached hydrogens (tertiary/aromatic N) is 1. The third-order valence-electron chi connectivity index (χ3n) is 3.82. The molecule has 1 atom stereocenters. The Morgan fingerprint density at radius 1 is 1.00 bits per heavy atom. The zero-order chi connectivity index (χ0) is 17.2. The second-order valence-corrected chi connectivity index (χ2v) is 5.95. The highest BCUT2D eigenvalue weighted by atomic mass is 16.3. The molecule has 1 amide bonds. The van der Waals surface area contributed by atoms with Gasteiger partial charge in [0.15, 0.2) is 0 Å². The topological polar surface area (TPSA) is 52.6 Å². The van der Waals surface area contributed by atoms with E-state index in [0.717, 1.165) is 13.1 Å². The molecule has 4 heteroatoms. The van der Waals surface area contributed by atoms with Gasteiger partial charge >= 0.3 is 0 Å². The third kappa shape index (κ3) is 6.52. The number of benzene rings is 2. The first-order valence-electron chi connectivity index (χ1n) is 8.42. The molecule has 4 nitrogen and oxygen atoms in total. The number of amides is 1. The molecular weight excluding hydrogens is 300 g/mol. The molecule has 2 aromatic rings. The molecule has 2 aromatic carbocycles. The van der Waals surface area contributed by atoms with Crippen LogP contribution in [0.25, 0.3) is 0 Å². The van der Waals surface area contributed by atoms with Gasteiger partial charge in [-0.25, -0.2) is 0 Å². The zero-order valence-electron chi connectivity index (χ0n) is 14.2. The molecule has 0 aromatic heterocycles. The molecule has 0 aliphatic rings. The quantitative estimate of drug-likeness (QED) is 0.745. The Labute approximate surface area is 144 Å². The molecule has 0 aliphatic carbocycles. The van der Waals surface area contributed by atoms with E-state index in [9.17, 15) is 9.90 Å². The predicted octanol–water partition coefficient (Wildman–Crippen LogP) is 2.58. The molecule has 24 heavy (non-hydrogen) atoms. The van der Waals surface area contributed by atoms with Crippen molar-refractivity contribution in [1.29, 1.82) is 0 Å². The van der Waals surface area contributed by atoms with Gasteiger partial charge in [-0.15, -0.1) is 0 Å². The molecule has 128 valence electrons. The van der Waals surface area contributed by atoms with Crippen molar-refractivity contribution < 1.29 is 9.90 Å². The van der Waals surface area contributed by atoms with Crippen molar-refractivity contribution in [1.82, 2.24) is 10.2 Å². The summed E-state index contributed by atoms with van der Waals surface area (Å²) in [4.78, 5) is 13.6. The first-order chi connectivity index (χ1) is 11.7. The van der Waals surface area contributed by atoms with Crippen molar-refractivity contribution >= 4 is 5.91 Å². The van der Waals surface area contributed by atoms with Crippen molar-refractivity contribution in [2.24, 2.45) is 0 Å². The predicted molar refractivity (Wildman–Crippen MR) is 96.3 cm³/mol. The summed E-state index contributed by atoms with van der Waals surface area (Å²) in [5, 5.41) is 13.0. The first-order valence-corrected chi connectivity index (χ1v) is 8.42. The van der Waals surface area contributed by atoms with E-state index in [2.05, 4.69) is 34.5 Å². The van der Waals surface area contributed by atoms with E-state index in [1.807, 2.05) is 36.4 Å². The second kappa shape index (κ2) is 9.85. The third-order valence-corrected chi connectivity index (χ3v) is 3.82. The van der Waals surface area contributed by atoms with Crippen LogP contribution in [0.1, 0.15) is 24.5 Å². The Hall–Kier alpha value is -2.17. The number of aliphatic hydroxyl groups is 1. The lowest BCUT2D eigenvalue weighted by atomic mass is 10.1. The number of carbonyl (C=O) groups is 1. The maximum absolute atomic E-state index is 11.3. The molecule has 0 spiro atoms. The molecule has 0 saturated heterocycles. The second-order valence-electron chi connectivity index (χ2n) is 5.95. The largest absolute Gasteiger partial charge is 0.390 e. The number of rotatable bonds is 9. The molecule has 0 aliphatic heterocycles. The number of hydrogen-bond donors (Lipinski definition) is 2. The van der Waals surface area contributed by atoms with E-state index in [0.29, 0.717) is 13.0 Å². The lowest BCUT2D eigenvalue weighted by Gasteiger charge is -2.25. The zero-order valence-corrected chi connectivity index (χ0v) is 14.2. The van der Waals surface area contributed by atoms with Crippen molar-refractivity contribution in [3.8, 4) is 0 Å². The van der Waals surface area contributed by atoms with Crippen molar-refractivity contribution in [3.63, 3.8) is 0 Å². The van der Waals surface area contributed by atoms with Crippen molar-refractivity contribution in [2.75, 3.05) is 13.1 Å². The summed E-state index contributed by atoms with van der Waals surface area (Å²) in [5.41, 5.74) is 2.41. The van der Waals surface area contributed by atoms with Gasteiger partial charge in [0, 0.05) is 32.6 Å². The average Bonchev–Trinajstić information content (AvgIpc) is 2.61. The van der Waals surface area contributed by atoms with Crippen LogP contribution in [-0.4, -0.2) is 35.1 Å². The smallest absolute Gasteiger partial charge is 0.219 e. The monoisotopic (exact) mass is 326 g/mol. The van der Waals surface area contributed by atoms with E-state index >= 15 is 0 Å². The molecule has 0 radical (unpaired) electrons. The maximum Gasteiger partial charge on any atom is 0.219 e. The van der Waals surface area contributed by atoms with E-state index in [4.69, 9.17) is 0 Å². The lowest BCUT2D eigenvalue weighted by Crippen LogP contribution is -2.39. The molecule has 0 heterocycles. The Bertz CT molecular complexity index is 560. The highest BCUT2D eigenvalue weighted by molar-refractivity contribution is 5.75. The van der Waals surface area contributed by atoms with Crippen LogP contribution in [0.3, 0.4) is 0 Å². The Kier molecular flexibility index (Phi) is 7.46. The fraction of sp³-hybridized carbons (Fsp3) is 0.350. The average molecular weight is 326 g/mol. The molecule has 2 rings (SSSR count). The highest BCUT2D eigenvalue weighted by Gasteiger charge is 2.13. The number of aliphatic hydroxyl groups excluding tert-OH is 1. The molecule has 2 N–H and O–H groups in total. The Morgan fingerprint density at radius 3 is 1.96 bits per heavy atom. The Morgan fingerprint density at radius 2 is 1.50 bits per heavy atom. The SMILES string of the molecule is CCC(=O)NCC(O)CN(Cc1ccccc1)Cc1ccccc1. The van der Waals surface area contributed by atoms with Gasteiger partial charge in [-0.3, -0.25) is 9.69 Å². The van der Waals surface area contributed by atoms with Crippen LogP contribution in [0.2, 0.25) is 0 Å². The standard InChI is InChI=1S/C20H26N2O2/c1-2-20(24)21-13-19(23)16-22(14-17-9-5-3-6-10-17)15-18-11-7-4-8-12-18/h3-12,19,23H,2,13-16H2,1H3,(H,21,24). The van der Waals surface area contributed by atoms with Gasteiger partial charge in [-0.2, -0.15) is 0 Å². The van der Waals surface area contributed by atoms with Gasteiger partial charge in [0.2, 0.25) is 5.91 Å². The van der Waals surface area contributed by atoms with E-state index in [-0.39, 0.29) is 12.5 Å². The normalized spacial score (nSPS) is 12.1. The van der Waals surface area contributed by atoms with Gasteiger partial charge in [-0.1, -0.05) is 67.6 Å². The van der Waals surface area contributed by atoms with Crippen LogP contribution in [-0.2, 0) is 17.9 Å². The van der Waals surface area contributed by atoms with Gasteiger partial charge < -0.3 is 10.4 Å². The fourth-order valence-corrected chi connectivity index (χ4v) is 2.59. The molecule has 0 saturated carbocycles. The summed E-state index contributed by atoms with van der Waals surface area (Å²) >= 11 is 0. The minimum atomic E-state index is -0.590. The molecule has 0 bridgehead atoms. The summed E-state index contributed by atoms with van der Waals surface area (Å²) in [6.07, 6.45) is -0.155. The first kappa shape index (κ1) is 18.2. The van der Waals surface area contributed by atoms with Gasteiger partial charge in [0.1, 0.15) is 0 Å². The van der Waals surface area contributed by atoms with E-state index < -0.39 is 6.10 Å². The summed E-state index contributed by atoms with van der Waals surface area (Å²) in [6.45, 7) is 4.11. The minimum Gasteiger partial charge on any atom is -0.390 e. The summed E-state index contributed by atoms with van der Waals surface area (Å²) in [7, 11) is 0. The minimum absolute atomic E-state index is 0.0354. The van der Waals surface area contributed by atoms with Crippen LogP contribution < -0.4 is 5.32 Å². The molecule has 1 unspecified atom stereocenters. The molecular formula is C20H26N2O2. The fourth-order valence-electron chi connectivity index (χ4n) is 2.59. The highest BCUT2D eigenvalue weighted by Crippen LogP contribution is 2.10. The molecule has 0 fully saturated rings. The van der Waals surface area contributed by atoms with Crippen LogP contribution in [0.5, 0.6) is 0 Å². The lowest BCUT2D eigenvalue weighted by molar-refractivity contribution is -0.121. The van der Waals surface area contributed by atoms with Gasteiger partial charge in [0.05, 0.1) is 6.10 Å². The van der Waals surface area contributed by atoms with Crippen LogP contribution in [0, 0.1) is 0 Å². The van der Waals surface area contributed by atoms with Gasteiger partial charge in [0.25, 0.3) is 0 Å². The number of hydrogen-bond acceptors (Lipinski definition) is 3. The van der Waals surface area contributed by atoms with E-state index in [1.165, 1.54) is 11.1 Å². The number of nitrogens with one attached hydrogen (secondary N) is 1. The van der Waals surface area contributed by atoms with Crippen LogP contribution in [0.15, 0.2) is 60.7 Å². The summed E-state index contributed by atoms with van der Waals surface area (Å²) in [5.74, 6) is -0.0354. The van der Waals surface area contributed by atoms with Crippen molar-refractivity contribution in [2.45, 2.75) is 32.5 Å². The Balaban J connectivity index is 1.97. The maximum atomic E-state index is 11.3. The van der Waals surface area contributed by atoms with Crippen LogP contribution >= 0.6 is 0 Å². The number of carbonyl (C=O) groups excluding carboxylic acids is 1. The summed E-state index contributed by atoms with van der Waals surface area (Å²) < 4.78 is 0.